The first-order valence-corrected chi connectivity index (χ1v) is 10.5. The Kier molecular flexibility index (Phi) is 6.06. The fourth-order valence-corrected chi connectivity index (χ4v) is 3.94. The zero-order valence-electron chi connectivity index (χ0n) is 17.7. The lowest BCUT2D eigenvalue weighted by atomic mass is 10.1. The van der Waals surface area contributed by atoms with Crippen LogP contribution in [0.3, 0.4) is 0 Å². The number of hydrogen-bond acceptors (Lipinski definition) is 4. The maximum Gasteiger partial charge on any atom is 0.412 e. The summed E-state index contributed by atoms with van der Waals surface area (Å²) in [6, 6.07) is 12.0. The zero-order valence-corrected chi connectivity index (χ0v) is 18.5. The number of rotatable bonds is 4. The van der Waals surface area contributed by atoms with Gasteiger partial charge in [-0.05, 0) is 42.0 Å². The molecule has 0 spiro atoms. The van der Waals surface area contributed by atoms with Crippen LogP contribution in [0.2, 0.25) is 5.02 Å². The van der Waals surface area contributed by atoms with Crippen molar-refractivity contribution < 1.29 is 22.8 Å². The molecule has 11 heteroatoms. The highest BCUT2D eigenvalue weighted by molar-refractivity contribution is 6.31. The van der Waals surface area contributed by atoms with Crippen molar-refractivity contribution in [2.45, 2.75) is 25.7 Å². The van der Waals surface area contributed by atoms with Gasteiger partial charge in [0, 0.05) is 24.1 Å². The predicted octanol–water partition coefficient (Wildman–Crippen LogP) is 4.79. The number of carbonyl (C=O) groups excluding carboxylic acids is 2. The van der Waals surface area contributed by atoms with Crippen LogP contribution in [0.4, 0.5) is 18.9 Å². The average Bonchev–Trinajstić information content (AvgIpc) is 3.20. The molecule has 2 amide bonds. The Labute approximate surface area is 197 Å². The van der Waals surface area contributed by atoms with Crippen LogP contribution in [0, 0.1) is 11.3 Å². The van der Waals surface area contributed by atoms with E-state index >= 15 is 0 Å². The van der Waals surface area contributed by atoms with Gasteiger partial charge in [-0.3, -0.25) is 9.59 Å². The Morgan fingerprint density at radius 2 is 1.94 bits per heavy atom. The van der Waals surface area contributed by atoms with Crippen LogP contribution in [0.15, 0.2) is 48.5 Å². The van der Waals surface area contributed by atoms with Gasteiger partial charge in [-0.15, -0.1) is 0 Å². The number of anilines is 1. The van der Waals surface area contributed by atoms with E-state index in [0.717, 1.165) is 4.90 Å². The van der Waals surface area contributed by atoms with Gasteiger partial charge < -0.3 is 10.2 Å². The molecule has 4 rings (SSSR count). The van der Waals surface area contributed by atoms with E-state index in [1.807, 2.05) is 6.07 Å². The van der Waals surface area contributed by atoms with E-state index < -0.39 is 30.6 Å². The summed E-state index contributed by atoms with van der Waals surface area (Å²) in [4.78, 5) is 25.8. The lowest BCUT2D eigenvalue weighted by Gasteiger charge is -2.34. The SMILES string of the molecule is CC(=O)Nc1cc(Cl)ccc1-c1cc2n(n1)[C@@H](C(F)(F)F)CN(Cc1ccc(C#N)cc1)C2=O. The molecule has 0 fully saturated rings. The summed E-state index contributed by atoms with van der Waals surface area (Å²) >= 11 is 6.01. The molecule has 7 nitrogen and oxygen atoms in total. The van der Waals surface area contributed by atoms with Gasteiger partial charge in [0.05, 0.1) is 29.6 Å². The molecule has 3 aromatic rings. The third-order valence-corrected chi connectivity index (χ3v) is 5.57. The van der Waals surface area contributed by atoms with Crippen LogP contribution in [0.1, 0.15) is 34.6 Å². The lowest BCUT2D eigenvalue weighted by Crippen LogP contribution is -2.47. The van der Waals surface area contributed by atoms with Crippen LogP contribution < -0.4 is 5.32 Å². The standard InChI is InChI=1S/C23H17ClF3N5O2/c1-13(33)29-18-8-16(24)6-7-17(18)19-9-20-22(34)31(11-15-4-2-14(10-28)3-5-15)12-21(23(25,26)27)32(20)30-19/h2-9,21H,11-12H2,1H3,(H,29,33)/t21-/m1/s1. The van der Waals surface area contributed by atoms with Crippen molar-refractivity contribution in [3.8, 4) is 17.3 Å². The van der Waals surface area contributed by atoms with Gasteiger partial charge in [0.2, 0.25) is 5.91 Å². The molecule has 0 saturated heterocycles. The molecule has 1 aromatic heterocycles. The summed E-state index contributed by atoms with van der Waals surface area (Å²) in [6.07, 6.45) is -4.66. The number of amides is 2. The van der Waals surface area contributed by atoms with E-state index in [-0.39, 0.29) is 23.6 Å². The number of hydrogen-bond donors (Lipinski definition) is 1. The molecule has 0 radical (unpaired) electrons. The molecular formula is C23H17ClF3N5O2. The molecule has 2 heterocycles. The highest BCUT2D eigenvalue weighted by Gasteiger charge is 2.48. The molecule has 0 saturated carbocycles. The Balaban J connectivity index is 1.75. The summed E-state index contributed by atoms with van der Waals surface area (Å²) in [5, 5.41) is 15.9. The van der Waals surface area contributed by atoms with E-state index in [2.05, 4.69) is 10.4 Å². The minimum absolute atomic E-state index is 0.0598. The second-order valence-corrected chi connectivity index (χ2v) is 8.22. The van der Waals surface area contributed by atoms with Gasteiger partial charge >= 0.3 is 6.18 Å². The van der Waals surface area contributed by atoms with Gasteiger partial charge in [-0.25, -0.2) is 4.68 Å². The van der Waals surface area contributed by atoms with Crippen LogP contribution >= 0.6 is 11.6 Å². The van der Waals surface area contributed by atoms with Gasteiger partial charge in [-0.2, -0.15) is 23.5 Å². The average molecular weight is 488 g/mol. The van der Waals surface area contributed by atoms with Gasteiger partial charge in [-0.1, -0.05) is 23.7 Å². The van der Waals surface area contributed by atoms with Crippen molar-refractivity contribution in [3.05, 3.63) is 70.4 Å². The summed E-state index contributed by atoms with van der Waals surface area (Å²) in [7, 11) is 0. The number of nitrogens with one attached hydrogen (secondary N) is 1. The van der Waals surface area contributed by atoms with Crippen molar-refractivity contribution in [3.63, 3.8) is 0 Å². The van der Waals surface area contributed by atoms with Gasteiger partial charge in [0.25, 0.3) is 5.91 Å². The first-order valence-electron chi connectivity index (χ1n) is 10.1. The molecule has 1 atom stereocenters. The molecule has 34 heavy (non-hydrogen) atoms. The van der Waals surface area contributed by atoms with Crippen molar-refractivity contribution in [2.24, 2.45) is 0 Å². The van der Waals surface area contributed by atoms with E-state index in [1.54, 1.807) is 12.1 Å². The largest absolute Gasteiger partial charge is 0.412 e. The molecule has 0 unspecified atom stereocenters. The van der Waals surface area contributed by atoms with E-state index in [0.29, 0.717) is 26.4 Å². The first-order chi connectivity index (χ1) is 16.1. The van der Waals surface area contributed by atoms with Crippen LogP contribution in [-0.2, 0) is 11.3 Å². The van der Waals surface area contributed by atoms with E-state index in [1.165, 1.54) is 43.3 Å². The number of fused-ring (bicyclic) bond motifs is 1. The summed E-state index contributed by atoms with van der Waals surface area (Å²) in [6.45, 7) is 0.610. The van der Waals surface area contributed by atoms with Crippen molar-refractivity contribution >= 4 is 29.1 Å². The summed E-state index contributed by atoms with van der Waals surface area (Å²) in [5.41, 5.74) is 1.46. The van der Waals surface area contributed by atoms with Crippen LogP contribution in [-0.4, -0.2) is 39.2 Å². The molecule has 1 N–H and O–H groups in total. The third kappa shape index (κ3) is 4.61. The highest BCUT2D eigenvalue weighted by Crippen LogP contribution is 2.38. The fourth-order valence-electron chi connectivity index (χ4n) is 3.77. The maximum atomic E-state index is 14.0. The van der Waals surface area contributed by atoms with Crippen molar-refractivity contribution in [2.75, 3.05) is 11.9 Å². The second kappa shape index (κ2) is 8.83. The first kappa shape index (κ1) is 23.3. The normalized spacial score (nSPS) is 15.6. The van der Waals surface area contributed by atoms with E-state index in [4.69, 9.17) is 16.9 Å². The molecular weight excluding hydrogens is 471 g/mol. The smallest absolute Gasteiger partial charge is 0.330 e. The second-order valence-electron chi connectivity index (χ2n) is 7.78. The van der Waals surface area contributed by atoms with Crippen molar-refractivity contribution in [1.29, 1.82) is 5.26 Å². The molecule has 1 aliphatic rings. The Hall–Kier alpha value is -3.84. The molecule has 2 aromatic carbocycles. The Bertz CT molecular complexity index is 1310. The molecule has 174 valence electrons. The molecule has 0 bridgehead atoms. The third-order valence-electron chi connectivity index (χ3n) is 5.33. The highest BCUT2D eigenvalue weighted by atomic mass is 35.5. The minimum Gasteiger partial charge on any atom is -0.330 e. The number of benzene rings is 2. The number of halogens is 4. The Morgan fingerprint density at radius 1 is 1.24 bits per heavy atom. The quantitative estimate of drug-likeness (QED) is 0.572. The minimum atomic E-state index is -4.66. The van der Waals surface area contributed by atoms with Gasteiger partial charge in [0.15, 0.2) is 6.04 Å². The number of carbonyl (C=O) groups is 2. The van der Waals surface area contributed by atoms with Crippen molar-refractivity contribution in [1.82, 2.24) is 14.7 Å². The summed E-state index contributed by atoms with van der Waals surface area (Å²) < 4.78 is 42.6. The predicted molar refractivity (Wildman–Crippen MR) is 118 cm³/mol. The Morgan fingerprint density at radius 3 is 2.56 bits per heavy atom. The monoisotopic (exact) mass is 487 g/mol. The van der Waals surface area contributed by atoms with E-state index in [9.17, 15) is 22.8 Å². The molecule has 1 aliphatic heterocycles. The number of alkyl halides is 3. The zero-order chi connectivity index (χ0) is 24.6. The fraction of sp³-hybridized carbons (Fsp3) is 0.217. The summed E-state index contributed by atoms with van der Waals surface area (Å²) in [5.74, 6) is -1.01. The maximum absolute atomic E-state index is 14.0. The van der Waals surface area contributed by atoms with Crippen LogP contribution in [0.25, 0.3) is 11.3 Å². The lowest BCUT2D eigenvalue weighted by molar-refractivity contribution is -0.175. The number of aromatic nitrogens is 2. The molecule has 0 aliphatic carbocycles. The topological polar surface area (TPSA) is 91.0 Å². The number of nitriles is 1. The van der Waals surface area contributed by atoms with Crippen LogP contribution in [0.5, 0.6) is 0 Å². The number of nitrogens with zero attached hydrogens (tertiary/aromatic N) is 4. The van der Waals surface area contributed by atoms with Gasteiger partial charge in [0.1, 0.15) is 5.69 Å².